The maximum atomic E-state index is 13.5. The molecule has 9 nitrogen and oxygen atoms in total. The number of ether oxygens (including phenoxy) is 2. The van der Waals surface area contributed by atoms with E-state index < -0.39 is 46.0 Å². The van der Waals surface area contributed by atoms with Gasteiger partial charge in [-0.3, -0.25) is 9.10 Å². The molecule has 0 aliphatic carbocycles. The third-order valence-corrected chi connectivity index (χ3v) is 6.71. The molecule has 0 bridgehead atoms. The van der Waals surface area contributed by atoms with Crippen LogP contribution in [0.2, 0.25) is 0 Å². The predicted molar refractivity (Wildman–Crippen MR) is 125 cm³/mol. The fourth-order valence-corrected chi connectivity index (χ4v) is 4.58. The zero-order valence-electron chi connectivity index (χ0n) is 19.0. The minimum Gasteiger partial charge on any atom is -0.465 e. The van der Waals surface area contributed by atoms with Gasteiger partial charge in [-0.15, -0.1) is 0 Å². The average Bonchev–Trinajstić information content (AvgIpc) is 2.87. The Labute approximate surface area is 205 Å². The van der Waals surface area contributed by atoms with Gasteiger partial charge in [-0.2, -0.15) is 0 Å². The van der Waals surface area contributed by atoms with E-state index in [9.17, 15) is 31.6 Å². The molecule has 3 aromatic carbocycles. The van der Waals surface area contributed by atoms with Crippen LogP contribution < -0.4 is 9.62 Å². The third kappa shape index (κ3) is 5.84. The predicted octanol–water partition coefficient (Wildman–Crippen LogP) is 3.37. The van der Waals surface area contributed by atoms with Crippen molar-refractivity contribution in [1.82, 2.24) is 0 Å². The number of anilines is 2. The van der Waals surface area contributed by atoms with Gasteiger partial charge < -0.3 is 14.8 Å². The van der Waals surface area contributed by atoms with Gasteiger partial charge in [0.2, 0.25) is 5.91 Å². The van der Waals surface area contributed by atoms with E-state index in [0.29, 0.717) is 4.31 Å². The minimum atomic E-state index is -4.41. The van der Waals surface area contributed by atoms with Crippen molar-refractivity contribution in [2.45, 2.75) is 4.90 Å². The van der Waals surface area contributed by atoms with E-state index in [1.165, 1.54) is 18.2 Å². The van der Waals surface area contributed by atoms with Crippen LogP contribution in [0.15, 0.2) is 71.6 Å². The molecule has 0 atom stereocenters. The molecule has 188 valence electrons. The summed E-state index contributed by atoms with van der Waals surface area (Å²) in [4.78, 5) is 36.7. The maximum absolute atomic E-state index is 13.5. The van der Waals surface area contributed by atoms with E-state index in [1.54, 1.807) is 0 Å². The number of nitrogens with one attached hydrogen (secondary N) is 1. The monoisotopic (exact) mass is 518 g/mol. The summed E-state index contributed by atoms with van der Waals surface area (Å²) in [6, 6.07) is 12.0. The second-order valence-electron chi connectivity index (χ2n) is 7.23. The summed E-state index contributed by atoms with van der Waals surface area (Å²) in [5.74, 6) is -3.77. The number of rotatable bonds is 8. The fourth-order valence-electron chi connectivity index (χ4n) is 3.16. The number of sulfonamides is 1. The molecule has 1 amide bonds. The molecule has 0 heterocycles. The highest BCUT2D eigenvalue weighted by atomic mass is 32.2. The number of benzene rings is 3. The van der Waals surface area contributed by atoms with Gasteiger partial charge in [0.15, 0.2) is 0 Å². The van der Waals surface area contributed by atoms with Crippen molar-refractivity contribution < 1.29 is 41.1 Å². The maximum Gasteiger partial charge on any atom is 0.339 e. The molecule has 0 unspecified atom stereocenters. The van der Waals surface area contributed by atoms with Crippen LogP contribution in [-0.2, 0) is 24.3 Å². The molecular formula is C24H20F2N2O7S. The van der Waals surface area contributed by atoms with Crippen LogP contribution in [0.4, 0.5) is 20.2 Å². The Kier molecular flexibility index (Phi) is 8.00. The number of hydrogen-bond donors (Lipinski definition) is 1. The molecule has 0 aromatic heterocycles. The summed E-state index contributed by atoms with van der Waals surface area (Å²) >= 11 is 0. The van der Waals surface area contributed by atoms with E-state index in [0.717, 1.165) is 62.8 Å². The smallest absolute Gasteiger partial charge is 0.339 e. The number of carbonyl (C=O) groups is 3. The van der Waals surface area contributed by atoms with E-state index in [4.69, 9.17) is 0 Å². The lowest BCUT2D eigenvalue weighted by Gasteiger charge is -2.24. The standard InChI is InChI=1S/C24H20F2N2O7S/c1-34-23(30)15-3-12-20(24(31)35-2)21(13-15)27-22(29)14-28(18-8-4-16(25)5-9-18)36(32,33)19-10-6-17(26)7-11-19/h3-13H,14H2,1-2H3,(H,27,29). The van der Waals surface area contributed by atoms with E-state index in [1.807, 2.05) is 0 Å². The molecule has 3 rings (SSSR count). The quantitative estimate of drug-likeness (QED) is 0.454. The van der Waals surface area contributed by atoms with Gasteiger partial charge in [-0.05, 0) is 66.7 Å². The molecule has 0 radical (unpaired) electrons. The topological polar surface area (TPSA) is 119 Å². The first-order valence-corrected chi connectivity index (χ1v) is 11.6. The normalized spacial score (nSPS) is 10.9. The van der Waals surface area contributed by atoms with Crippen molar-refractivity contribution in [2.24, 2.45) is 0 Å². The Balaban J connectivity index is 2.00. The van der Waals surface area contributed by atoms with Crippen LogP contribution in [0, 0.1) is 11.6 Å². The number of halogens is 2. The lowest BCUT2D eigenvalue weighted by molar-refractivity contribution is -0.114. The highest BCUT2D eigenvalue weighted by molar-refractivity contribution is 7.92. The molecule has 0 saturated heterocycles. The van der Waals surface area contributed by atoms with Gasteiger partial charge in [0.05, 0.1) is 41.6 Å². The van der Waals surface area contributed by atoms with Gasteiger partial charge in [0.25, 0.3) is 10.0 Å². The lowest BCUT2D eigenvalue weighted by Crippen LogP contribution is -2.38. The Bertz CT molecular complexity index is 1390. The molecule has 0 spiro atoms. The zero-order chi connectivity index (χ0) is 26.5. The van der Waals surface area contributed by atoms with Crippen LogP contribution in [0.3, 0.4) is 0 Å². The van der Waals surface area contributed by atoms with Crippen LogP contribution >= 0.6 is 0 Å². The number of methoxy groups -OCH3 is 2. The second-order valence-corrected chi connectivity index (χ2v) is 9.10. The summed E-state index contributed by atoms with van der Waals surface area (Å²) in [6.07, 6.45) is 0. The fraction of sp³-hybridized carbons (Fsp3) is 0.125. The highest BCUT2D eigenvalue weighted by Crippen LogP contribution is 2.25. The Morgan fingerprint density at radius 1 is 0.833 bits per heavy atom. The molecule has 0 saturated carbocycles. The van der Waals surface area contributed by atoms with Crippen molar-refractivity contribution in [1.29, 1.82) is 0 Å². The van der Waals surface area contributed by atoms with Crippen molar-refractivity contribution >= 4 is 39.2 Å². The molecule has 36 heavy (non-hydrogen) atoms. The third-order valence-electron chi connectivity index (χ3n) is 4.92. The molecule has 3 aromatic rings. The van der Waals surface area contributed by atoms with Crippen LogP contribution in [0.1, 0.15) is 20.7 Å². The van der Waals surface area contributed by atoms with E-state index in [2.05, 4.69) is 14.8 Å². The second kappa shape index (κ2) is 11.0. The average molecular weight is 518 g/mol. The SMILES string of the molecule is COC(=O)c1ccc(C(=O)OC)c(NC(=O)CN(c2ccc(F)cc2)S(=O)(=O)c2ccc(F)cc2)c1. The first-order valence-electron chi connectivity index (χ1n) is 10.2. The van der Waals surface area contributed by atoms with Crippen molar-refractivity contribution in [3.63, 3.8) is 0 Å². The molecule has 0 aliphatic rings. The molecular weight excluding hydrogens is 498 g/mol. The molecule has 0 aliphatic heterocycles. The molecule has 12 heteroatoms. The summed E-state index contributed by atoms with van der Waals surface area (Å²) < 4.78 is 63.5. The zero-order valence-corrected chi connectivity index (χ0v) is 19.8. The van der Waals surface area contributed by atoms with Crippen molar-refractivity contribution in [3.05, 3.63) is 89.5 Å². The summed E-state index contributed by atoms with van der Waals surface area (Å²) in [6.45, 7) is -0.811. The minimum absolute atomic E-state index is 0.00905. The first-order chi connectivity index (χ1) is 17.1. The number of hydrogen-bond acceptors (Lipinski definition) is 7. The van der Waals surface area contributed by atoms with Gasteiger partial charge in [-0.25, -0.2) is 26.8 Å². The highest BCUT2D eigenvalue weighted by Gasteiger charge is 2.28. The lowest BCUT2D eigenvalue weighted by atomic mass is 10.1. The van der Waals surface area contributed by atoms with Crippen molar-refractivity contribution in [3.8, 4) is 0 Å². The largest absolute Gasteiger partial charge is 0.465 e. The summed E-state index contributed by atoms with van der Waals surface area (Å²) in [7, 11) is -2.14. The van der Waals surface area contributed by atoms with E-state index >= 15 is 0 Å². The van der Waals surface area contributed by atoms with Gasteiger partial charge in [0, 0.05) is 0 Å². The van der Waals surface area contributed by atoms with Crippen LogP contribution in [-0.4, -0.2) is 47.0 Å². The van der Waals surface area contributed by atoms with Crippen molar-refractivity contribution in [2.75, 3.05) is 30.4 Å². The number of nitrogens with zero attached hydrogens (tertiary/aromatic N) is 1. The Hall–Kier alpha value is -4.32. The van der Waals surface area contributed by atoms with Crippen LogP contribution in [0.5, 0.6) is 0 Å². The number of amides is 1. The Morgan fingerprint density at radius 3 is 1.94 bits per heavy atom. The van der Waals surface area contributed by atoms with Crippen LogP contribution in [0.25, 0.3) is 0 Å². The van der Waals surface area contributed by atoms with Gasteiger partial charge >= 0.3 is 11.9 Å². The first kappa shape index (κ1) is 26.3. The van der Waals surface area contributed by atoms with E-state index in [-0.39, 0.29) is 27.4 Å². The summed E-state index contributed by atoms with van der Waals surface area (Å²) in [5.41, 5.74) is -0.275. The van der Waals surface area contributed by atoms with Gasteiger partial charge in [-0.1, -0.05) is 0 Å². The molecule has 0 fully saturated rings. The summed E-state index contributed by atoms with van der Waals surface area (Å²) in [5, 5.41) is 2.40. The Morgan fingerprint density at radius 2 is 1.39 bits per heavy atom. The van der Waals surface area contributed by atoms with Gasteiger partial charge in [0.1, 0.15) is 18.2 Å². The number of carbonyl (C=O) groups excluding carboxylic acids is 3. The molecule has 1 N–H and O–H groups in total. The number of esters is 2.